The van der Waals surface area contributed by atoms with Gasteiger partial charge < -0.3 is 14.9 Å². The molecule has 8 heteroatoms. The average Bonchev–Trinajstić information content (AvgIpc) is 3.22. The molecule has 1 fully saturated rings. The fourth-order valence-corrected chi connectivity index (χ4v) is 5.58. The van der Waals surface area contributed by atoms with E-state index in [1.807, 2.05) is 18.2 Å². The molecular formula is C27H31FN2O4S. The number of nitrogens with zero attached hydrogens (tertiary/aromatic N) is 2. The van der Waals surface area contributed by atoms with Crippen molar-refractivity contribution >= 4 is 17.7 Å². The van der Waals surface area contributed by atoms with Gasteiger partial charge in [0.1, 0.15) is 23.1 Å². The lowest BCUT2D eigenvalue weighted by Crippen LogP contribution is -2.23. The second-order valence-corrected chi connectivity index (χ2v) is 10.0. The molecule has 0 unspecified atom stereocenters. The lowest BCUT2D eigenvalue weighted by atomic mass is 9.82. The van der Waals surface area contributed by atoms with Crippen LogP contribution in [0.25, 0.3) is 22.4 Å². The van der Waals surface area contributed by atoms with Crippen LogP contribution in [0, 0.1) is 17.7 Å². The maximum atomic E-state index is 13.6. The summed E-state index contributed by atoms with van der Waals surface area (Å²) in [7, 11) is 0. The van der Waals surface area contributed by atoms with Gasteiger partial charge in [-0.2, -0.15) is 5.10 Å². The smallest absolute Gasteiger partial charge is 0.329 e. The first kappa shape index (κ1) is 25.4. The fraction of sp³-hybridized carbons (Fsp3) is 0.407. The Balaban J connectivity index is 1.59. The number of aromatic nitrogens is 2. The van der Waals surface area contributed by atoms with Crippen molar-refractivity contribution < 1.29 is 24.1 Å². The average molecular weight is 499 g/mol. The van der Waals surface area contributed by atoms with Crippen molar-refractivity contribution in [1.29, 1.82) is 0 Å². The molecule has 4 rings (SSSR count). The molecular weight excluding hydrogens is 467 g/mol. The van der Waals surface area contributed by atoms with Crippen LogP contribution < -0.4 is 0 Å². The molecule has 1 aliphatic carbocycles. The minimum atomic E-state index is -0.934. The number of carboxylic acid groups (broad SMARTS) is 1. The number of carbonyl (C=O) groups is 1. The van der Waals surface area contributed by atoms with Gasteiger partial charge in [-0.1, -0.05) is 30.3 Å². The molecule has 0 saturated heterocycles. The van der Waals surface area contributed by atoms with Crippen LogP contribution in [0.3, 0.4) is 0 Å². The maximum absolute atomic E-state index is 13.6. The predicted molar refractivity (Wildman–Crippen MR) is 135 cm³/mol. The van der Waals surface area contributed by atoms with Crippen LogP contribution in [-0.4, -0.2) is 51.5 Å². The highest BCUT2D eigenvalue weighted by molar-refractivity contribution is 7.99. The summed E-state index contributed by atoms with van der Waals surface area (Å²) in [4.78, 5) is 10.7. The van der Waals surface area contributed by atoms with E-state index in [-0.39, 0.29) is 19.0 Å². The van der Waals surface area contributed by atoms with E-state index in [2.05, 4.69) is 16.8 Å². The Kier molecular flexibility index (Phi) is 8.95. The number of aliphatic carboxylic acids is 1. The van der Waals surface area contributed by atoms with Crippen molar-refractivity contribution in [2.24, 2.45) is 11.8 Å². The van der Waals surface area contributed by atoms with Crippen LogP contribution in [0.4, 0.5) is 4.39 Å². The third-order valence-corrected chi connectivity index (χ3v) is 7.47. The predicted octanol–water partition coefficient (Wildman–Crippen LogP) is 5.35. The Labute approximate surface area is 209 Å². The Hall–Kier alpha value is -2.68. The Morgan fingerprint density at radius 1 is 1.03 bits per heavy atom. The van der Waals surface area contributed by atoms with E-state index in [1.54, 1.807) is 23.9 Å². The summed E-state index contributed by atoms with van der Waals surface area (Å²) in [5, 5.41) is 24.4. The second kappa shape index (κ2) is 12.3. The summed E-state index contributed by atoms with van der Waals surface area (Å²) in [5.41, 5.74) is 3.71. The number of hydrogen-bond donors (Lipinski definition) is 2. The zero-order valence-electron chi connectivity index (χ0n) is 19.6. The van der Waals surface area contributed by atoms with E-state index in [4.69, 9.17) is 14.9 Å². The minimum absolute atomic E-state index is 0.0669. The molecule has 0 atom stereocenters. The lowest BCUT2D eigenvalue weighted by Gasteiger charge is -2.28. The molecule has 1 saturated carbocycles. The van der Waals surface area contributed by atoms with Crippen molar-refractivity contribution in [2.75, 3.05) is 25.6 Å². The molecule has 2 aromatic carbocycles. The van der Waals surface area contributed by atoms with Gasteiger partial charge in [0.05, 0.1) is 13.2 Å². The molecule has 0 spiro atoms. The number of ether oxygens (including phenoxy) is 1. The summed E-state index contributed by atoms with van der Waals surface area (Å²) in [5.74, 6) is 0.178. The number of carboxylic acids is 1. The van der Waals surface area contributed by atoms with Crippen molar-refractivity contribution in [3.05, 3.63) is 60.4 Å². The van der Waals surface area contributed by atoms with Gasteiger partial charge in [0.2, 0.25) is 0 Å². The van der Waals surface area contributed by atoms with Gasteiger partial charge in [-0.3, -0.25) is 4.68 Å². The van der Waals surface area contributed by atoms with Gasteiger partial charge in [0.15, 0.2) is 0 Å². The van der Waals surface area contributed by atoms with Crippen molar-refractivity contribution in [3.8, 4) is 22.4 Å². The zero-order chi connectivity index (χ0) is 24.6. The first-order valence-electron chi connectivity index (χ1n) is 12.0. The maximum Gasteiger partial charge on any atom is 0.329 e. The van der Waals surface area contributed by atoms with E-state index >= 15 is 0 Å². The molecule has 3 aromatic rings. The molecule has 0 radical (unpaired) electrons. The highest BCUT2D eigenvalue weighted by atomic mass is 32.2. The summed E-state index contributed by atoms with van der Waals surface area (Å²) in [6.45, 7) is 1.08. The number of rotatable bonds is 11. The largest absolute Gasteiger partial charge is 0.480 e. The molecule has 35 heavy (non-hydrogen) atoms. The minimum Gasteiger partial charge on any atom is -0.480 e. The molecule has 186 valence electrons. The van der Waals surface area contributed by atoms with E-state index in [0.29, 0.717) is 24.2 Å². The third-order valence-electron chi connectivity index (χ3n) is 6.39. The highest BCUT2D eigenvalue weighted by Gasteiger charge is 2.26. The molecule has 0 aliphatic heterocycles. The Morgan fingerprint density at radius 3 is 2.37 bits per heavy atom. The van der Waals surface area contributed by atoms with Crippen LogP contribution in [0.1, 0.15) is 25.7 Å². The number of aliphatic hydroxyl groups excluding tert-OH is 1. The summed E-state index contributed by atoms with van der Waals surface area (Å²) >= 11 is 1.59. The summed E-state index contributed by atoms with van der Waals surface area (Å²) in [6.07, 6.45) is 4.05. The van der Waals surface area contributed by atoms with Crippen LogP contribution >= 0.6 is 11.8 Å². The van der Waals surface area contributed by atoms with E-state index in [1.165, 1.54) is 12.1 Å². The molecule has 0 amide bonds. The fourth-order valence-electron chi connectivity index (χ4n) is 4.67. The van der Waals surface area contributed by atoms with Crippen molar-refractivity contribution in [1.82, 2.24) is 9.78 Å². The number of aliphatic hydroxyl groups is 1. The number of benzene rings is 2. The second-order valence-electron chi connectivity index (χ2n) is 8.95. The van der Waals surface area contributed by atoms with Crippen LogP contribution in [0.2, 0.25) is 0 Å². The van der Waals surface area contributed by atoms with Crippen LogP contribution in [-0.2, 0) is 16.1 Å². The normalized spacial score (nSPS) is 18.0. The van der Waals surface area contributed by atoms with Gasteiger partial charge in [-0.15, -0.1) is 11.8 Å². The first-order valence-corrected chi connectivity index (χ1v) is 13.0. The van der Waals surface area contributed by atoms with Crippen molar-refractivity contribution in [2.45, 2.75) is 37.3 Å². The van der Waals surface area contributed by atoms with E-state index < -0.39 is 5.97 Å². The van der Waals surface area contributed by atoms with Gasteiger partial charge in [-0.05, 0) is 67.3 Å². The molecule has 0 bridgehead atoms. The van der Waals surface area contributed by atoms with Gasteiger partial charge in [0.25, 0.3) is 0 Å². The molecule has 1 aromatic heterocycles. The Morgan fingerprint density at radius 2 is 1.71 bits per heavy atom. The standard InChI is InChI=1S/C27H31FN2O4S/c28-23-12-10-22(11-13-23)26-25(21-4-2-1-3-5-21)27(35-15-14-31)30(29-26)16-19-6-8-20(9-7-19)17-34-18-24(32)33/h1-5,10-13,19-20,31H,6-9,14-18H2,(H,32,33)/t19-,20-. The number of hydrogen-bond acceptors (Lipinski definition) is 5. The highest BCUT2D eigenvalue weighted by Crippen LogP contribution is 2.41. The van der Waals surface area contributed by atoms with Gasteiger partial charge in [0, 0.05) is 23.4 Å². The van der Waals surface area contributed by atoms with E-state index in [0.717, 1.165) is 59.6 Å². The number of thioether (sulfide) groups is 1. The zero-order valence-corrected chi connectivity index (χ0v) is 20.4. The Bertz CT molecular complexity index is 1100. The quantitative estimate of drug-likeness (QED) is 0.347. The summed E-state index contributed by atoms with van der Waals surface area (Å²) < 4.78 is 21.0. The van der Waals surface area contributed by atoms with Crippen molar-refractivity contribution in [3.63, 3.8) is 0 Å². The third kappa shape index (κ3) is 6.72. The van der Waals surface area contributed by atoms with Crippen LogP contribution in [0.5, 0.6) is 0 Å². The SMILES string of the molecule is O=C(O)COC[C@H]1CC[C@H](Cn2nc(-c3ccc(F)cc3)c(-c3ccccc3)c2SCCO)CC1. The van der Waals surface area contributed by atoms with Crippen LogP contribution in [0.15, 0.2) is 59.6 Å². The molecule has 2 N–H and O–H groups in total. The molecule has 1 aliphatic rings. The monoisotopic (exact) mass is 498 g/mol. The van der Waals surface area contributed by atoms with E-state index in [9.17, 15) is 14.3 Å². The van der Waals surface area contributed by atoms with Gasteiger partial charge in [-0.25, -0.2) is 9.18 Å². The van der Waals surface area contributed by atoms with Gasteiger partial charge >= 0.3 is 5.97 Å². The molecule has 6 nitrogen and oxygen atoms in total. The summed E-state index contributed by atoms with van der Waals surface area (Å²) in [6, 6.07) is 16.5. The number of halogens is 1. The topological polar surface area (TPSA) is 84.6 Å². The molecule has 1 heterocycles. The first-order chi connectivity index (χ1) is 17.0. The lowest BCUT2D eigenvalue weighted by molar-refractivity contribution is -0.142.